The van der Waals surface area contributed by atoms with Crippen LogP contribution < -0.4 is 16.4 Å². The Labute approximate surface area is 159 Å². The number of nitrogens with zero attached hydrogens (tertiary/aromatic N) is 1. The monoisotopic (exact) mass is 390 g/mol. The molecular formula is C16H24Cl2N4O3. The van der Waals surface area contributed by atoms with Crippen LogP contribution in [0.4, 0.5) is 11.5 Å². The first-order valence-corrected chi connectivity index (χ1v) is 7.99. The molecule has 0 spiro atoms. The van der Waals surface area contributed by atoms with Crippen molar-refractivity contribution in [2.45, 2.75) is 25.7 Å². The zero-order valence-electron chi connectivity index (χ0n) is 13.8. The predicted molar refractivity (Wildman–Crippen MR) is 100 cm³/mol. The van der Waals surface area contributed by atoms with Crippen LogP contribution in [0.25, 0.3) is 0 Å². The van der Waals surface area contributed by atoms with Gasteiger partial charge in [0.15, 0.2) is 0 Å². The lowest BCUT2D eigenvalue weighted by Gasteiger charge is -2.34. The SMILES string of the molecule is Cl.Cl.NCC1(C(=O)Nc2ccc(NC(=O)C3CC3)nc2)CCOCC1. The molecule has 140 valence electrons. The molecule has 1 aromatic heterocycles. The third kappa shape index (κ3) is 5.28. The van der Waals surface area contributed by atoms with Crippen LogP contribution in [0.15, 0.2) is 18.3 Å². The largest absolute Gasteiger partial charge is 0.381 e. The normalized spacial score (nSPS) is 18.3. The summed E-state index contributed by atoms with van der Waals surface area (Å²) < 4.78 is 5.32. The molecular weight excluding hydrogens is 367 g/mol. The first-order chi connectivity index (χ1) is 11.1. The molecule has 3 rings (SSSR count). The Morgan fingerprint density at radius 2 is 1.88 bits per heavy atom. The summed E-state index contributed by atoms with van der Waals surface area (Å²) in [4.78, 5) is 28.4. The van der Waals surface area contributed by atoms with Crippen molar-refractivity contribution in [3.63, 3.8) is 0 Å². The van der Waals surface area contributed by atoms with Crippen molar-refractivity contribution >= 4 is 48.1 Å². The minimum absolute atomic E-state index is 0. The highest BCUT2D eigenvalue weighted by molar-refractivity contribution is 5.96. The molecule has 0 bridgehead atoms. The van der Waals surface area contributed by atoms with E-state index in [1.165, 1.54) is 0 Å². The van der Waals surface area contributed by atoms with E-state index >= 15 is 0 Å². The Morgan fingerprint density at radius 3 is 2.40 bits per heavy atom. The van der Waals surface area contributed by atoms with Gasteiger partial charge in [0.2, 0.25) is 11.8 Å². The molecule has 1 aromatic rings. The second-order valence-electron chi connectivity index (χ2n) is 6.25. The van der Waals surface area contributed by atoms with Gasteiger partial charge >= 0.3 is 0 Å². The van der Waals surface area contributed by atoms with Crippen molar-refractivity contribution in [3.8, 4) is 0 Å². The maximum atomic E-state index is 12.5. The molecule has 1 aliphatic heterocycles. The number of carbonyl (C=O) groups is 2. The van der Waals surface area contributed by atoms with Crippen molar-refractivity contribution in [1.29, 1.82) is 0 Å². The fraction of sp³-hybridized carbons (Fsp3) is 0.562. The molecule has 0 atom stereocenters. The standard InChI is InChI=1S/C16H22N4O3.2ClH/c17-10-16(5-7-23-8-6-16)15(22)19-12-3-4-13(18-9-12)20-14(21)11-1-2-11;;/h3-4,9,11H,1-2,5-8,10,17H2,(H,19,22)(H,18,20,21);2*1H. The van der Waals surface area contributed by atoms with Gasteiger partial charge in [0.25, 0.3) is 0 Å². The second kappa shape index (κ2) is 9.33. The summed E-state index contributed by atoms with van der Waals surface area (Å²) in [7, 11) is 0. The predicted octanol–water partition coefficient (Wildman–Crippen LogP) is 1.97. The van der Waals surface area contributed by atoms with Gasteiger partial charge in [-0.3, -0.25) is 9.59 Å². The number of carbonyl (C=O) groups excluding carboxylic acids is 2. The molecule has 0 radical (unpaired) electrons. The van der Waals surface area contributed by atoms with Gasteiger partial charge in [0, 0.05) is 25.7 Å². The van der Waals surface area contributed by atoms with Gasteiger partial charge in [0.1, 0.15) is 5.82 Å². The number of nitrogens with one attached hydrogen (secondary N) is 2. The van der Waals surface area contributed by atoms with Crippen LogP contribution in [0, 0.1) is 11.3 Å². The smallest absolute Gasteiger partial charge is 0.232 e. The highest BCUT2D eigenvalue weighted by Gasteiger charge is 2.38. The van der Waals surface area contributed by atoms with Gasteiger partial charge in [-0.2, -0.15) is 0 Å². The number of pyridine rings is 1. The molecule has 1 aliphatic carbocycles. The lowest BCUT2D eigenvalue weighted by Crippen LogP contribution is -2.46. The van der Waals surface area contributed by atoms with Crippen LogP contribution in [-0.2, 0) is 14.3 Å². The summed E-state index contributed by atoms with van der Waals surface area (Å²) in [5.74, 6) is 0.548. The Balaban J connectivity index is 0.00000156. The van der Waals surface area contributed by atoms with E-state index in [4.69, 9.17) is 10.5 Å². The van der Waals surface area contributed by atoms with Crippen molar-refractivity contribution in [1.82, 2.24) is 4.98 Å². The molecule has 9 heteroatoms. The van der Waals surface area contributed by atoms with E-state index in [0.29, 0.717) is 44.1 Å². The zero-order valence-corrected chi connectivity index (χ0v) is 15.5. The average molecular weight is 391 g/mol. The molecule has 25 heavy (non-hydrogen) atoms. The Kier molecular flexibility index (Phi) is 8.08. The van der Waals surface area contributed by atoms with Crippen molar-refractivity contribution in [2.24, 2.45) is 17.1 Å². The molecule has 0 unspecified atom stereocenters. The van der Waals surface area contributed by atoms with E-state index in [1.54, 1.807) is 18.3 Å². The molecule has 1 saturated carbocycles. The highest BCUT2D eigenvalue weighted by atomic mass is 35.5. The maximum absolute atomic E-state index is 12.5. The number of aromatic nitrogens is 1. The molecule has 1 saturated heterocycles. The zero-order chi connectivity index (χ0) is 16.3. The van der Waals surface area contributed by atoms with Gasteiger partial charge in [-0.25, -0.2) is 4.98 Å². The third-order valence-electron chi connectivity index (χ3n) is 4.54. The molecule has 0 aromatic carbocycles. The molecule has 2 heterocycles. The van der Waals surface area contributed by atoms with Crippen molar-refractivity contribution in [2.75, 3.05) is 30.4 Å². The first-order valence-electron chi connectivity index (χ1n) is 7.99. The Hall–Kier alpha value is -1.41. The molecule has 2 aliphatic rings. The number of hydrogen-bond donors (Lipinski definition) is 3. The number of ether oxygens (including phenoxy) is 1. The summed E-state index contributed by atoms with van der Waals surface area (Å²) in [5, 5.41) is 5.64. The van der Waals surface area contributed by atoms with Crippen molar-refractivity contribution < 1.29 is 14.3 Å². The summed E-state index contributed by atoms with van der Waals surface area (Å²) >= 11 is 0. The van der Waals surface area contributed by atoms with E-state index in [1.807, 2.05) is 0 Å². The van der Waals surface area contributed by atoms with Gasteiger partial charge in [0.05, 0.1) is 17.3 Å². The third-order valence-corrected chi connectivity index (χ3v) is 4.54. The number of hydrogen-bond acceptors (Lipinski definition) is 5. The second-order valence-corrected chi connectivity index (χ2v) is 6.25. The Morgan fingerprint density at radius 1 is 1.20 bits per heavy atom. The van der Waals surface area contributed by atoms with Gasteiger partial charge < -0.3 is 21.1 Å². The average Bonchev–Trinajstić information content (AvgIpc) is 3.42. The van der Waals surface area contributed by atoms with Crippen LogP contribution in [0.5, 0.6) is 0 Å². The highest BCUT2D eigenvalue weighted by Crippen LogP contribution is 2.31. The Bertz CT molecular complexity index is 588. The quantitative estimate of drug-likeness (QED) is 0.712. The summed E-state index contributed by atoms with van der Waals surface area (Å²) in [6.07, 6.45) is 4.69. The van der Waals surface area contributed by atoms with Crippen molar-refractivity contribution in [3.05, 3.63) is 18.3 Å². The number of halogens is 2. The number of rotatable bonds is 5. The molecule has 2 fully saturated rings. The number of amides is 2. The van der Waals surface area contributed by atoms with E-state index < -0.39 is 5.41 Å². The fourth-order valence-electron chi connectivity index (χ4n) is 2.67. The van der Waals surface area contributed by atoms with Crippen LogP contribution in [-0.4, -0.2) is 36.6 Å². The van der Waals surface area contributed by atoms with E-state index in [2.05, 4.69) is 15.6 Å². The number of nitrogens with two attached hydrogens (primary N) is 1. The van der Waals surface area contributed by atoms with E-state index in [9.17, 15) is 9.59 Å². The van der Waals surface area contributed by atoms with Gasteiger partial charge in [-0.05, 0) is 37.8 Å². The van der Waals surface area contributed by atoms with Crippen LogP contribution in [0.2, 0.25) is 0 Å². The maximum Gasteiger partial charge on any atom is 0.232 e. The minimum atomic E-state index is -0.572. The lowest BCUT2D eigenvalue weighted by atomic mass is 9.79. The summed E-state index contributed by atoms with van der Waals surface area (Å²) in [6.45, 7) is 1.40. The molecule has 7 nitrogen and oxygen atoms in total. The van der Waals surface area contributed by atoms with Crippen LogP contribution >= 0.6 is 24.8 Å². The fourth-order valence-corrected chi connectivity index (χ4v) is 2.67. The molecule has 4 N–H and O–H groups in total. The van der Waals surface area contributed by atoms with E-state index in [-0.39, 0.29) is 42.5 Å². The summed E-state index contributed by atoms with van der Waals surface area (Å²) in [5.41, 5.74) is 5.85. The van der Waals surface area contributed by atoms with Gasteiger partial charge in [-0.15, -0.1) is 24.8 Å². The van der Waals surface area contributed by atoms with Crippen LogP contribution in [0.3, 0.4) is 0 Å². The minimum Gasteiger partial charge on any atom is -0.381 e. The number of anilines is 2. The van der Waals surface area contributed by atoms with E-state index in [0.717, 1.165) is 12.8 Å². The van der Waals surface area contributed by atoms with Crippen LogP contribution in [0.1, 0.15) is 25.7 Å². The van der Waals surface area contributed by atoms with Gasteiger partial charge in [-0.1, -0.05) is 0 Å². The molecule has 2 amide bonds. The lowest BCUT2D eigenvalue weighted by molar-refractivity contribution is -0.130. The summed E-state index contributed by atoms with van der Waals surface area (Å²) in [6, 6.07) is 3.42. The first kappa shape index (κ1) is 21.6. The topological polar surface area (TPSA) is 106 Å².